The van der Waals surface area contributed by atoms with E-state index in [2.05, 4.69) is 20.0 Å². The molecule has 0 bridgehead atoms. The van der Waals surface area contributed by atoms with E-state index in [1.54, 1.807) is 24.3 Å². The first kappa shape index (κ1) is 14.0. The second kappa shape index (κ2) is 5.32. The number of nitrogens with one attached hydrogen (secondary N) is 1. The highest BCUT2D eigenvalue weighted by Crippen LogP contribution is 2.27. The Morgan fingerprint density at radius 3 is 2.45 bits per heavy atom. The summed E-state index contributed by atoms with van der Waals surface area (Å²) in [5.41, 5.74) is 1.30. The topological polar surface area (TPSA) is 68.0 Å². The van der Waals surface area contributed by atoms with Crippen LogP contribution in [0.2, 0.25) is 0 Å². The van der Waals surface area contributed by atoms with Crippen molar-refractivity contribution in [1.29, 1.82) is 0 Å². The standard InChI is InChI=1S/C12H10F3N3O2/c1-7(19)16-9-4-2-8(3-5-9)6-10-17-11(20-18-10)12(13,14)15/h2-5H,6H2,1H3,(H,16,19). The van der Waals surface area contributed by atoms with Crippen LogP contribution in [0.3, 0.4) is 0 Å². The second-order valence-electron chi connectivity index (χ2n) is 4.07. The van der Waals surface area contributed by atoms with Gasteiger partial charge in [-0.1, -0.05) is 17.3 Å². The molecule has 106 valence electrons. The minimum absolute atomic E-state index is 0.0513. The molecule has 0 aliphatic rings. The van der Waals surface area contributed by atoms with Crippen LogP contribution in [-0.2, 0) is 17.4 Å². The molecule has 0 saturated carbocycles. The Bertz CT molecular complexity index is 605. The molecule has 0 aliphatic heterocycles. The van der Waals surface area contributed by atoms with Gasteiger partial charge >= 0.3 is 12.1 Å². The number of anilines is 1. The molecule has 0 saturated heterocycles. The molecule has 20 heavy (non-hydrogen) atoms. The van der Waals surface area contributed by atoms with E-state index in [0.717, 1.165) is 0 Å². The fourth-order valence-corrected chi connectivity index (χ4v) is 1.53. The van der Waals surface area contributed by atoms with Crippen molar-refractivity contribution in [1.82, 2.24) is 10.1 Å². The third kappa shape index (κ3) is 3.56. The number of aromatic nitrogens is 2. The van der Waals surface area contributed by atoms with Crippen molar-refractivity contribution < 1.29 is 22.5 Å². The van der Waals surface area contributed by atoms with Gasteiger partial charge in [0.15, 0.2) is 5.82 Å². The molecule has 0 atom stereocenters. The number of rotatable bonds is 3. The number of halogens is 3. The van der Waals surface area contributed by atoms with Crippen molar-refractivity contribution in [3.05, 3.63) is 41.5 Å². The minimum atomic E-state index is -4.64. The molecule has 0 aliphatic carbocycles. The van der Waals surface area contributed by atoms with Gasteiger partial charge in [-0.3, -0.25) is 4.79 Å². The van der Waals surface area contributed by atoms with E-state index in [1.165, 1.54) is 6.92 Å². The van der Waals surface area contributed by atoms with Crippen LogP contribution in [0.5, 0.6) is 0 Å². The second-order valence-corrected chi connectivity index (χ2v) is 4.07. The molecule has 0 unspecified atom stereocenters. The Kier molecular flexibility index (Phi) is 3.73. The first-order valence-electron chi connectivity index (χ1n) is 5.61. The highest BCUT2D eigenvalue weighted by Gasteiger charge is 2.38. The molecular formula is C12H10F3N3O2. The summed E-state index contributed by atoms with van der Waals surface area (Å²) in [6.45, 7) is 1.38. The zero-order valence-corrected chi connectivity index (χ0v) is 10.4. The van der Waals surface area contributed by atoms with Crippen LogP contribution < -0.4 is 5.32 Å². The highest BCUT2D eigenvalue weighted by atomic mass is 19.4. The van der Waals surface area contributed by atoms with Crippen molar-refractivity contribution in [2.45, 2.75) is 19.5 Å². The quantitative estimate of drug-likeness (QED) is 0.941. The SMILES string of the molecule is CC(=O)Nc1ccc(Cc2noc(C(F)(F)F)n2)cc1. The van der Waals surface area contributed by atoms with Crippen LogP contribution >= 0.6 is 0 Å². The molecule has 1 aromatic carbocycles. The van der Waals surface area contributed by atoms with E-state index in [4.69, 9.17) is 0 Å². The molecule has 1 heterocycles. The van der Waals surface area contributed by atoms with Gasteiger partial charge in [0.2, 0.25) is 5.91 Å². The van der Waals surface area contributed by atoms with Gasteiger partial charge in [0, 0.05) is 19.0 Å². The predicted octanol–water partition coefficient (Wildman–Crippen LogP) is 2.64. The minimum Gasteiger partial charge on any atom is -0.329 e. The molecule has 8 heteroatoms. The summed E-state index contributed by atoms with van der Waals surface area (Å²) in [4.78, 5) is 14.1. The monoisotopic (exact) mass is 285 g/mol. The Labute approximate surface area is 111 Å². The summed E-state index contributed by atoms with van der Waals surface area (Å²) in [5.74, 6) is -1.61. The number of carbonyl (C=O) groups is 1. The smallest absolute Gasteiger partial charge is 0.329 e. The maximum atomic E-state index is 12.3. The average Bonchev–Trinajstić information content (AvgIpc) is 2.79. The molecule has 1 N–H and O–H groups in total. The van der Waals surface area contributed by atoms with Crippen molar-refractivity contribution in [3.8, 4) is 0 Å². The van der Waals surface area contributed by atoms with Crippen LogP contribution in [0.1, 0.15) is 24.2 Å². The number of amides is 1. The van der Waals surface area contributed by atoms with Crippen LogP contribution in [0, 0.1) is 0 Å². The van der Waals surface area contributed by atoms with Crippen LogP contribution in [0.15, 0.2) is 28.8 Å². The van der Waals surface area contributed by atoms with E-state index in [1.807, 2.05) is 0 Å². The number of hydrogen-bond acceptors (Lipinski definition) is 4. The lowest BCUT2D eigenvalue weighted by Crippen LogP contribution is -2.06. The van der Waals surface area contributed by atoms with Crippen molar-refractivity contribution >= 4 is 11.6 Å². The van der Waals surface area contributed by atoms with Gasteiger partial charge in [-0.25, -0.2) is 0 Å². The van der Waals surface area contributed by atoms with Crippen LogP contribution in [-0.4, -0.2) is 16.0 Å². The number of hydrogen-bond donors (Lipinski definition) is 1. The van der Waals surface area contributed by atoms with Gasteiger partial charge in [-0.2, -0.15) is 18.2 Å². The first-order valence-corrected chi connectivity index (χ1v) is 5.61. The van der Waals surface area contributed by atoms with Gasteiger partial charge in [0.1, 0.15) is 0 Å². The van der Waals surface area contributed by atoms with E-state index in [9.17, 15) is 18.0 Å². The van der Waals surface area contributed by atoms with Gasteiger partial charge < -0.3 is 9.84 Å². The molecular weight excluding hydrogens is 275 g/mol. The number of alkyl halides is 3. The van der Waals surface area contributed by atoms with E-state index < -0.39 is 12.1 Å². The van der Waals surface area contributed by atoms with Crippen molar-refractivity contribution in [3.63, 3.8) is 0 Å². The highest BCUT2D eigenvalue weighted by molar-refractivity contribution is 5.88. The normalized spacial score (nSPS) is 11.4. The van der Waals surface area contributed by atoms with Crippen molar-refractivity contribution in [2.24, 2.45) is 0 Å². The summed E-state index contributed by atoms with van der Waals surface area (Å²) in [6, 6.07) is 6.60. The predicted molar refractivity (Wildman–Crippen MR) is 62.9 cm³/mol. The molecule has 2 aromatic rings. The summed E-state index contributed by atoms with van der Waals surface area (Å²) in [7, 11) is 0. The Morgan fingerprint density at radius 2 is 1.95 bits per heavy atom. The molecule has 0 spiro atoms. The average molecular weight is 285 g/mol. The zero-order chi connectivity index (χ0) is 14.8. The fourth-order valence-electron chi connectivity index (χ4n) is 1.53. The molecule has 1 amide bonds. The molecule has 0 radical (unpaired) electrons. The van der Waals surface area contributed by atoms with Gasteiger partial charge in [-0.15, -0.1) is 0 Å². The number of nitrogens with zero attached hydrogens (tertiary/aromatic N) is 2. The van der Waals surface area contributed by atoms with E-state index in [-0.39, 0.29) is 18.2 Å². The maximum absolute atomic E-state index is 12.3. The fraction of sp³-hybridized carbons (Fsp3) is 0.250. The van der Waals surface area contributed by atoms with Gasteiger partial charge in [0.05, 0.1) is 0 Å². The maximum Gasteiger partial charge on any atom is 0.471 e. The molecule has 2 rings (SSSR count). The summed E-state index contributed by atoms with van der Waals surface area (Å²) < 4.78 is 41.0. The summed E-state index contributed by atoms with van der Waals surface area (Å²) >= 11 is 0. The Balaban J connectivity index is 2.06. The lowest BCUT2D eigenvalue weighted by atomic mass is 10.1. The van der Waals surface area contributed by atoms with Crippen molar-refractivity contribution in [2.75, 3.05) is 5.32 Å². The lowest BCUT2D eigenvalue weighted by Gasteiger charge is -2.02. The summed E-state index contributed by atoms with van der Waals surface area (Å²) in [6.07, 6.45) is -4.53. The van der Waals surface area contributed by atoms with Gasteiger partial charge in [0.25, 0.3) is 0 Å². The lowest BCUT2D eigenvalue weighted by molar-refractivity contribution is -0.159. The first-order chi connectivity index (χ1) is 9.34. The molecule has 0 fully saturated rings. The zero-order valence-electron chi connectivity index (χ0n) is 10.4. The number of benzene rings is 1. The Morgan fingerprint density at radius 1 is 1.30 bits per heavy atom. The van der Waals surface area contributed by atoms with Gasteiger partial charge in [-0.05, 0) is 17.7 Å². The Hall–Kier alpha value is -2.38. The largest absolute Gasteiger partial charge is 0.471 e. The van der Waals surface area contributed by atoms with E-state index >= 15 is 0 Å². The number of carbonyl (C=O) groups excluding carboxylic acids is 1. The third-order valence-corrected chi connectivity index (χ3v) is 2.35. The summed E-state index contributed by atoms with van der Waals surface area (Å²) in [5, 5.41) is 5.86. The third-order valence-electron chi connectivity index (χ3n) is 2.35. The van der Waals surface area contributed by atoms with Crippen LogP contribution in [0.25, 0.3) is 0 Å². The van der Waals surface area contributed by atoms with E-state index in [0.29, 0.717) is 11.3 Å². The van der Waals surface area contributed by atoms with Crippen LogP contribution in [0.4, 0.5) is 18.9 Å². The molecule has 5 nitrogen and oxygen atoms in total. The molecule has 1 aromatic heterocycles.